The SMILES string of the molecule is COc1ccc(C=C2N=C(c3ccc(Cl)cc3Cl)N(CCCCCCN3C(=O)C(=Cc4ccc(OC)c(OC)c4)N=C3c3ccc(Cl)cc3Cl)C2=O)cc1OC. The maximum Gasteiger partial charge on any atom is 0.278 e. The van der Waals surface area contributed by atoms with Crippen molar-refractivity contribution >= 4 is 82.0 Å². The third-order valence-corrected chi connectivity index (χ3v) is 10.3. The minimum Gasteiger partial charge on any atom is -0.493 e. The van der Waals surface area contributed by atoms with Crippen LogP contribution in [0, 0.1) is 0 Å². The van der Waals surface area contributed by atoms with Crippen LogP contribution >= 0.6 is 46.4 Å². The molecule has 0 bridgehead atoms. The number of unbranched alkanes of at least 4 members (excludes halogenated alkanes) is 3. The third-order valence-electron chi connectivity index (χ3n) is 9.17. The van der Waals surface area contributed by atoms with Crippen molar-refractivity contribution in [2.24, 2.45) is 9.98 Å². The number of hydrogen-bond donors (Lipinski definition) is 0. The molecule has 0 atom stereocenters. The monoisotopic (exact) mass is 834 g/mol. The number of hydrogen-bond acceptors (Lipinski definition) is 8. The summed E-state index contributed by atoms with van der Waals surface area (Å²) in [4.78, 5) is 40.5. The predicted molar refractivity (Wildman–Crippen MR) is 223 cm³/mol. The quantitative estimate of drug-likeness (QED) is 0.0873. The number of rotatable bonds is 15. The molecule has 0 radical (unpaired) electrons. The summed E-state index contributed by atoms with van der Waals surface area (Å²) in [6.45, 7) is 0.793. The number of amidine groups is 2. The van der Waals surface area contributed by atoms with Gasteiger partial charge in [0.15, 0.2) is 23.0 Å². The molecular formula is C42H38Cl4N4O6. The van der Waals surface area contributed by atoms with E-state index in [-0.39, 0.29) is 23.2 Å². The van der Waals surface area contributed by atoms with Crippen LogP contribution in [0.3, 0.4) is 0 Å². The number of carbonyl (C=O) groups is 2. The largest absolute Gasteiger partial charge is 0.493 e. The first-order chi connectivity index (χ1) is 27.0. The van der Waals surface area contributed by atoms with Crippen LogP contribution in [-0.4, -0.2) is 74.8 Å². The van der Waals surface area contributed by atoms with Gasteiger partial charge in [-0.25, -0.2) is 9.98 Å². The van der Waals surface area contributed by atoms with Crippen LogP contribution in [0.5, 0.6) is 23.0 Å². The topological polar surface area (TPSA) is 102 Å². The zero-order chi connectivity index (χ0) is 39.9. The number of benzene rings is 4. The molecule has 0 saturated heterocycles. The fraction of sp³-hybridized carbons (Fsp3) is 0.238. The van der Waals surface area contributed by atoms with Gasteiger partial charge < -0.3 is 18.9 Å². The second-order valence-corrected chi connectivity index (χ2v) is 14.4. The minimum atomic E-state index is -0.252. The summed E-state index contributed by atoms with van der Waals surface area (Å²) in [5, 5.41) is 1.72. The van der Waals surface area contributed by atoms with E-state index in [1.54, 1.807) is 111 Å². The van der Waals surface area contributed by atoms with E-state index in [9.17, 15) is 9.59 Å². The van der Waals surface area contributed by atoms with Gasteiger partial charge in [0.1, 0.15) is 23.1 Å². The molecule has 2 heterocycles. The summed E-state index contributed by atoms with van der Waals surface area (Å²) in [7, 11) is 6.23. The van der Waals surface area contributed by atoms with Crippen molar-refractivity contribution in [3.8, 4) is 23.0 Å². The first-order valence-electron chi connectivity index (χ1n) is 17.6. The summed E-state index contributed by atoms with van der Waals surface area (Å²) in [6.07, 6.45) is 6.29. The minimum absolute atomic E-state index is 0.252. The number of amides is 2. The molecule has 0 aliphatic carbocycles. The van der Waals surface area contributed by atoms with Crippen molar-refractivity contribution in [3.63, 3.8) is 0 Å². The van der Waals surface area contributed by atoms with Gasteiger partial charge in [-0.15, -0.1) is 0 Å². The molecule has 290 valence electrons. The van der Waals surface area contributed by atoms with E-state index in [0.29, 0.717) is 91.8 Å². The molecule has 0 fully saturated rings. The van der Waals surface area contributed by atoms with Crippen molar-refractivity contribution in [2.45, 2.75) is 25.7 Å². The van der Waals surface area contributed by atoms with Crippen molar-refractivity contribution in [3.05, 3.63) is 127 Å². The summed E-state index contributed by atoms with van der Waals surface area (Å²) in [5.74, 6) is 2.60. The smallest absolute Gasteiger partial charge is 0.278 e. The van der Waals surface area contributed by atoms with E-state index in [0.717, 1.165) is 24.0 Å². The number of carbonyl (C=O) groups excluding carboxylic acids is 2. The van der Waals surface area contributed by atoms with E-state index < -0.39 is 0 Å². The molecule has 0 N–H and O–H groups in total. The summed E-state index contributed by atoms with van der Waals surface area (Å²) < 4.78 is 21.6. The second-order valence-electron chi connectivity index (χ2n) is 12.7. The summed E-state index contributed by atoms with van der Waals surface area (Å²) in [6, 6.07) is 21.0. The molecule has 0 aromatic heterocycles. The number of methoxy groups -OCH3 is 4. The van der Waals surface area contributed by atoms with Gasteiger partial charge in [-0.1, -0.05) is 71.4 Å². The molecule has 4 aromatic rings. The molecule has 2 aliphatic heterocycles. The van der Waals surface area contributed by atoms with Gasteiger partial charge >= 0.3 is 0 Å². The Bertz CT molecular complexity index is 2130. The van der Waals surface area contributed by atoms with E-state index in [1.165, 1.54) is 0 Å². The molecule has 0 unspecified atom stereocenters. The first kappa shape index (κ1) is 40.7. The second kappa shape index (κ2) is 18.3. The van der Waals surface area contributed by atoms with E-state index in [2.05, 4.69) is 0 Å². The number of aliphatic imine (C=N–C) groups is 2. The highest BCUT2D eigenvalue weighted by Crippen LogP contribution is 2.34. The lowest BCUT2D eigenvalue weighted by molar-refractivity contribution is -0.123. The standard InChI is InChI=1S/C42H38Cl4N4O6/c1-53-35-15-9-25(21-37(35)55-3)19-33-41(51)49(39(47-33)29-13-11-27(43)23-31(29)45)17-7-5-6-8-18-50-40(30-14-12-28(44)24-32(30)46)48-34(42(50)52)20-26-10-16-36(54-2)38(22-26)56-4/h9-16,19-24H,5-8,17-18H2,1-4H3. The number of ether oxygens (including phenoxy) is 4. The lowest BCUT2D eigenvalue weighted by Gasteiger charge is -2.20. The zero-order valence-electron chi connectivity index (χ0n) is 31.1. The Morgan fingerprint density at radius 1 is 0.518 bits per heavy atom. The molecule has 0 spiro atoms. The lowest BCUT2D eigenvalue weighted by Crippen LogP contribution is -2.34. The van der Waals surface area contributed by atoms with Crippen LogP contribution in [0.2, 0.25) is 20.1 Å². The molecule has 2 aliphatic rings. The Balaban J connectivity index is 1.15. The maximum absolute atomic E-state index is 13.9. The average Bonchev–Trinajstić information content (AvgIpc) is 3.66. The number of nitrogens with zero attached hydrogens (tertiary/aromatic N) is 4. The summed E-state index contributed by atoms with van der Waals surface area (Å²) in [5.41, 5.74) is 3.15. The van der Waals surface area contributed by atoms with Crippen molar-refractivity contribution in [2.75, 3.05) is 41.5 Å². The van der Waals surface area contributed by atoms with Crippen LogP contribution < -0.4 is 18.9 Å². The Morgan fingerprint density at radius 2 is 0.911 bits per heavy atom. The normalized spacial score (nSPS) is 15.5. The molecule has 56 heavy (non-hydrogen) atoms. The molecule has 14 heteroatoms. The average molecular weight is 837 g/mol. The van der Waals surface area contributed by atoms with Gasteiger partial charge in [-0.05, 0) is 96.8 Å². The molecular weight excluding hydrogens is 798 g/mol. The Hall–Kier alpha value is -5.00. The van der Waals surface area contributed by atoms with Crippen LogP contribution in [-0.2, 0) is 9.59 Å². The van der Waals surface area contributed by atoms with Gasteiger partial charge in [0.2, 0.25) is 0 Å². The van der Waals surface area contributed by atoms with E-state index >= 15 is 0 Å². The highest BCUT2D eigenvalue weighted by atomic mass is 35.5. The Labute approximate surface area is 345 Å². The van der Waals surface area contributed by atoms with E-state index in [4.69, 9.17) is 75.3 Å². The van der Waals surface area contributed by atoms with Crippen molar-refractivity contribution in [1.29, 1.82) is 0 Å². The van der Waals surface area contributed by atoms with Crippen molar-refractivity contribution in [1.82, 2.24) is 9.80 Å². The van der Waals surface area contributed by atoms with Crippen LogP contribution in [0.15, 0.2) is 94.2 Å². The third kappa shape index (κ3) is 9.00. The van der Waals surface area contributed by atoms with Gasteiger partial charge in [0.25, 0.3) is 11.8 Å². The zero-order valence-corrected chi connectivity index (χ0v) is 34.1. The molecule has 0 saturated carbocycles. The van der Waals surface area contributed by atoms with Crippen LogP contribution in [0.4, 0.5) is 0 Å². The highest BCUT2D eigenvalue weighted by Gasteiger charge is 2.33. The maximum atomic E-state index is 13.9. The van der Waals surface area contributed by atoms with Crippen LogP contribution in [0.1, 0.15) is 47.9 Å². The predicted octanol–water partition coefficient (Wildman–Crippen LogP) is 9.85. The molecule has 10 nitrogen and oxygen atoms in total. The molecule has 6 rings (SSSR count). The first-order valence-corrected chi connectivity index (χ1v) is 19.2. The summed E-state index contributed by atoms with van der Waals surface area (Å²) >= 11 is 25.6. The van der Waals surface area contributed by atoms with Crippen LogP contribution in [0.25, 0.3) is 12.2 Å². The van der Waals surface area contributed by atoms with Gasteiger partial charge in [-0.3, -0.25) is 19.4 Å². The lowest BCUT2D eigenvalue weighted by atomic mass is 10.1. The Morgan fingerprint density at radius 3 is 1.27 bits per heavy atom. The van der Waals surface area contributed by atoms with Crippen molar-refractivity contribution < 1.29 is 28.5 Å². The van der Waals surface area contributed by atoms with Gasteiger partial charge in [0, 0.05) is 34.3 Å². The molecule has 2 amide bonds. The van der Waals surface area contributed by atoms with Gasteiger partial charge in [-0.2, -0.15) is 0 Å². The van der Waals surface area contributed by atoms with E-state index in [1.807, 2.05) is 12.1 Å². The fourth-order valence-electron chi connectivity index (χ4n) is 6.36. The fourth-order valence-corrected chi connectivity index (χ4v) is 7.35. The van der Waals surface area contributed by atoms with Gasteiger partial charge in [0.05, 0.1) is 38.5 Å². The Kier molecular flexibility index (Phi) is 13.3. The number of halogens is 4. The molecule has 4 aromatic carbocycles. The highest BCUT2D eigenvalue weighted by molar-refractivity contribution is 6.38.